The van der Waals surface area contributed by atoms with E-state index in [9.17, 15) is 0 Å². The van der Waals surface area contributed by atoms with Crippen LogP contribution in [0.3, 0.4) is 0 Å². The summed E-state index contributed by atoms with van der Waals surface area (Å²) in [7, 11) is 0. The highest BCUT2D eigenvalue weighted by atomic mass is 16.5. The van der Waals surface area contributed by atoms with Crippen LogP contribution in [-0.2, 0) is 4.74 Å². The molecule has 1 heterocycles. The van der Waals surface area contributed by atoms with Crippen LogP contribution in [0.25, 0.3) is 0 Å². The molecule has 2 N–H and O–H groups in total. The molecule has 0 aromatic heterocycles. The predicted molar refractivity (Wildman–Crippen MR) is 73.4 cm³/mol. The van der Waals surface area contributed by atoms with Gasteiger partial charge in [0.05, 0.1) is 6.61 Å². The second-order valence-corrected chi connectivity index (χ2v) is 5.71. The normalized spacial score (nSPS) is 22.9. The van der Waals surface area contributed by atoms with Crippen molar-refractivity contribution in [2.45, 2.75) is 58.5 Å². The van der Waals surface area contributed by atoms with Gasteiger partial charge in [-0.05, 0) is 38.6 Å². The molecule has 3 nitrogen and oxygen atoms in total. The Labute approximate surface area is 107 Å². The fraction of sp³-hybridized carbons (Fsp3) is 1.00. The van der Waals surface area contributed by atoms with Crippen LogP contribution in [0.15, 0.2) is 0 Å². The first-order chi connectivity index (χ1) is 8.18. The Hall–Kier alpha value is -0.120. The van der Waals surface area contributed by atoms with Crippen LogP contribution in [0.1, 0.15) is 46.5 Å². The molecule has 0 amide bonds. The van der Waals surface area contributed by atoms with Crippen LogP contribution in [0.2, 0.25) is 0 Å². The Morgan fingerprint density at radius 1 is 1.29 bits per heavy atom. The number of rotatable bonds is 8. The first-order valence-electron chi connectivity index (χ1n) is 7.23. The van der Waals surface area contributed by atoms with Gasteiger partial charge in [-0.25, -0.2) is 0 Å². The number of hydrogen-bond donors (Lipinski definition) is 2. The molecule has 0 aromatic carbocycles. The summed E-state index contributed by atoms with van der Waals surface area (Å²) >= 11 is 0. The molecule has 0 aliphatic carbocycles. The maximum Gasteiger partial charge on any atom is 0.0591 e. The third-order valence-electron chi connectivity index (χ3n) is 3.24. The third kappa shape index (κ3) is 7.74. The molecule has 0 radical (unpaired) electrons. The Kier molecular flexibility index (Phi) is 7.82. The highest BCUT2D eigenvalue weighted by Crippen LogP contribution is 2.11. The Bertz CT molecular complexity index is 179. The van der Waals surface area contributed by atoms with Gasteiger partial charge in [-0.15, -0.1) is 0 Å². The van der Waals surface area contributed by atoms with Gasteiger partial charge in [0.2, 0.25) is 0 Å². The minimum absolute atomic E-state index is 0.591. The molecule has 1 saturated heterocycles. The molecule has 3 heteroatoms. The minimum atomic E-state index is 0.591. The minimum Gasteiger partial charge on any atom is -0.380 e. The fourth-order valence-corrected chi connectivity index (χ4v) is 2.33. The maximum absolute atomic E-state index is 5.56. The smallest absolute Gasteiger partial charge is 0.0591 e. The lowest BCUT2D eigenvalue weighted by atomic mass is 9.99. The van der Waals surface area contributed by atoms with Crippen molar-refractivity contribution in [2.75, 3.05) is 26.3 Å². The first-order valence-corrected chi connectivity index (χ1v) is 7.23. The highest BCUT2D eigenvalue weighted by molar-refractivity contribution is 4.76. The van der Waals surface area contributed by atoms with Crippen LogP contribution >= 0.6 is 0 Å². The van der Waals surface area contributed by atoms with Gasteiger partial charge in [0.1, 0.15) is 0 Å². The van der Waals surface area contributed by atoms with Gasteiger partial charge in [0, 0.05) is 25.2 Å². The van der Waals surface area contributed by atoms with Gasteiger partial charge in [-0.3, -0.25) is 0 Å². The fourth-order valence-electron chi connectivity index (χ4n) is 2.33. The Morgan fingerprint density at radius 2 is 2.12 bits per heavy atom. The summed E-state index contributed by atoms with van der Waals surface area (Å²) in [5.41, 5.74) is 0. The van der Waals surface area contributed by atoms with Gasteiger partial charge < -0.3 is 15.4 Å². The Balaban J connectivity index is 1.95. The second-order valence-electron chi connectivity index (χ2n) is 5.71. The third-order valence-corrected chi connectivity index (χ3v) is 3.24. The van der Waals surface area contributed by atoms with Crippen molar-refractivity contribution in [3.63, 3.8) is 0 Å². The summed E-state index contributed by atoms with van der Waals surface area (Å²) in [4.78, 5) is 0. The summed E-state index contributed by atoms with van der Waals surface area (Å²) in [5.74, 6) is 0.638. The molecule has 0 bridgehead atoms. The summed E-state index contributed by atoms with van der Waals surface area (Å²) in [6, 6.07) is 1.32. The zero-order valence-electron chi connectivity index (χ0n) is 11.8. The quantitative estimate of drug-likeness (QED) is 0.640. The summed E-state index contributed by atoms with van der Waals surface area (Å²) in [5, 5.41) is 7.13. The Morgan fingerprint density at radius 3 is 2.76 bits per heavy atom. The molecule has 2 unspecified atom stereocenters. The zero-order valence-corrected chi connectivity index (χ0v) is 11.8. The van der Waals surface area contributed by atoms with Crippen molar-refractivity contribution in [1.82, 2.24) is 10.6 Å². The van der Waals surface area contributed by atoms with Crippen molar-refractivity contribution in [2.24, 2.45) is 5.92 Å². The molecule has 1 aliphatic rings. The van der Waals surface area contributed by atoms with E-state index in [0.29, 0.717) is 12.0 Å². The summed E-state index contributed by atoms with van der Waals surface area (Å²) < 4.78 is 5.56. The molecule has 1 fully saturated rings. The molecule has 17 heavy (non-hydrogen) atoms. The maximum atomic E-state index is 5.56. The zero-order chi connectivity index (χ0) is 12.5. The van der Waals surface area contributed by atoms with Gasteiger partial charge in [-0.2, -0.15) is 0 Å². The number of ether oxygens (including phenoxy) is 1. The van der Waals surface area contributed by atoms with E-state index in [1.54, 1.807) is 0 Å². The molecule has 0 aromatic rings. The lowest BCUT2D eigenvalue weighted by Gasteiger charge is -2.26. The monoisotopic (exact) mass is 242 g/mol. The van der Waals surface area contributed by atoms with Crippen molar-refractivity contribution >= 4 is 0 Å². The van der Waals surface area contributed by atoms with E-state index in [0.717, 1.165) is 25.8 Å². The van der Waals surface area contributed by atoms with Crippen molar-refractivity contribution in [1.29, 1.82) is 0 Å². The van der Waals surface area contributed by atoms with Crippen LogP contribution in [0.4, 0.5) is 0 Å². The molecular weight excluding hydrogens is 212 g/mol. The van der Waals surface area contributed by atoms with Gasteiger partial charge in [0.15, 0.2) is 0 Å². The largest absolute Gasteiger partial charge is 0.380 e. The van der Waals surface area contributed by atoms with E-state index in [4.69, 9.17) is 4.74 Å². The van der Waals surface area contributed by atoms with E-state index < -0.39 is 0 Å². The first kappa shape index (κ1) is 14.9. The lowest BCUT2D eigenvalue weighted by Crippen LogP contribution is -2.40. The predicted octanol–water partition coefficient (Wildman–Crippen LogP) is 2.17. The molecule has 0 saturated carbocycles. The van der Waals surface area contributed by atoms with Gasteiger partial charge in [-0.1, -0.05) is 20.3 Å². The topological polar surface area (TPSA) is 33.3 Å². The molecule has 2 atom stereocenters. The van der Waals surface area contributed by atoms with Crippen molar-refractivity contribution < 1.29 is 4.74 Å². The van der Waals surface area contributed by atoms with Crippen molar-refractivity contribution in [3.05, 3.63) is 0 Å². The summed E-state index contributed by atoms with van der Waals surface area (Å²) in [6.07, 6.45) is 5.32. The van der Waals surface area contributed by atoms with E-state index in [-0.39, 0.29) is 0 Å². The number of nitrogens with one attached hydrogen (secondary N) is 2. The van der Waals surface area contributed by atoms with Crippen molar-refractivity contribution in [3.8, 4) is 0 Å². The van der Waals surface area contributed by atoms with Crippen LogP contribution in [0, 0.1) is 5.92 Å². The van der Waals surface area contributed by atoms with Crippen LogP contribution < -0.4 is 10.6 Å². The van der Waals surface area contributed by atoms with E-state index in [1.807, 2.05) is 0 Å². The average molecular weight is 242 g/mol. The molecule has 102 valence electrons. The molecule has 0 spiro atoms. The summed E-state index contributed by atoms with van der Waals surface area (Å²) in [6.45, 7) is 10.5. The second kappa shape index (κ2) is 8.90. The van der Waals surface area contributed by atoms with Crippen LogP contribution in [0.5, 0.6) is 0 Å². The van der Waals surface area contributed by atoms with E-state index in [2.05, 4.69) is 31.4 Å². The van der Waals surface area contributed by atoms with E-state index in [1.165, 1.54) is 32.2 Å². The van der Waals surface area contributed by atoms with Gasteiger partial charge >= 0.3 is 0 Å². The lowest BCUT2D eigenvalue weighted by molar-refractivity contribution is 0.110. The van der Waals surface area contributed by atoms with Gasteiger partial charge in [0.25, 0.3) is 0 Å². The standard InChI is InChI=1S/C14H30N2O/c1-12(2)11-17-9-8-15-13(3)10-14-6-4-5-7-16-14/h12-16H,4-11H2,1-3H3. The van der Waals surface area contributed by atoms with Crippen LogP contribution in [-0.4, -0.2) is 38.4 Å². The average Bonchev–Trinajstić information content (AvgIpc) is 2.29. The molecular formula is C14H30N2O. The number of hydrogen-bond acceptors (Lipinski definition) is 3. The highest BCUT2D eigenvalue weighted by Gasteiger charge is 2.15. The SMILES string of the molecule is CC(C)COCCNC(C)CC1CCCCN1. The number of piperidine rings is 1. The van der Waals surface area contributed by atoms with E-state index >= 15 is 0 Å². The molecule has 1 rings (SSSR count). The molecule has 1 aliphatic heterocycles.